The molecule has 0 amide bonds. The van der Waals surface area contributed by atoms with Gasteiger partial charge in [-0.2, -0.15) is 0 Å². The van der Waals surface area contributed by atoms with Gasteiger partial charge < -0.3 is 10.6 Å². The molecule has 0 bridgehead atoms. The molecule has 15 heavy (non-hydrogen) atoms. The summed E-state index contributed by atoms with van der Waals surface area (Å²) in [5, 5.41) is 0. The first-order valence-corrected chi connectivity index (χ1v) is 5.87. The summed E-state index contributed by atoms with van der Waals surface area (Å²) in [6.07, 6.45) is 1.83. The summed E-state index contributed by atoms with van der Waals surface area (Å²) in [7, 11) is 2.04. The normalized spacial score (nSPS) is 12.6. The van der Waals surface area contributed by atoms with Gasteiger partial charge in [0.15, 0.2) is 0 Å². The van der Waals surface area contributed by atoms with E-state index in [1.54, 1.807) is 0 Å². The van der Waals surface area contributed by atoms with Crippen molar-refractivity contribution in [1.82, 2.24) is 4.98 Å². The lowest BCUT2D eigenvalue weighted by Crippen LogP contribution is -2.29. The molecule has 0 radical (unpaired) electrons. The van der Waals surface area contributed by atoms with Gasteiger partial charge in [-0.15, -0.1) is 0 Å². The highest BCUT2D eigenvalue weighted by Crippen LogP contribution is 2.26. The summed E-state index contributed by atoms with van der Waals surface area (Å²) < 4.78 is 1.07. The molecule has 1 rings (SSSR count). The summed E-state index contributed by atoms with van der Waals surface area (Å²) in [4.78, 5) is 6.50. The van der Waals surface area contributed by atoms with Crippen LogP contribution in [0.15, 0.2) is 16.7 Å². The van der Waals surface area contributed by atoms with Crippen LogP contribution in [0.25, 0.3) is 0 Å². The van der Waals surface area contributed by atoms with Crippen LogP contribution in [0.3, 0.4) is 0 Å². The molecule has 1 aromatic heterocycles. The highest BCUT2D eigenvalue weighted by atomic mass is 79.9. The minimum absolute atomic E-state index is 0.476. The maximum absolute atomic E-state index is 5.61. The number of hydrogen-bond acceptors (Lipinski definition) is 3. The van der Waals surface area contributed by atoms with Crippen LogP contribution in [0.5, 0.6) is 0 Å². The average molecular weight is 272 g/mol. The second-order valence-electron chi connectivity index (χ2n) is 3.99. The van der Waals surface area contributed by atoms with E-state index < -0.39 is 0 Å². The second kappa shape index (κ2) is 5.47. The zero-order valence-electron chi connectivity index (χ0n) is 9.50. The lowest BCUT2D eigenvalue weighted by atomic mass is 10.2. The van der Waals surface area contributed by atoms with Gasteiger partial charge >= 0.3 is 0 Å². The number of halogens is 1. The molecule has 1 heterocycles. The predicted molar refractivity (Wildman–Crippen MR) is 68.2 cm³/mol. The summed E-state index contributed by atoms with van der Waals surface area (Å²) in [5.41, 5.74) is 6.81. The molecule has 4 heteroatoms. The Morgan fingerprint density at radius 2 is 2.27 bits per heavy atom. The summed E-state index contributed by atoms with van der Waals surface area (Å²) in [5.74, 6) is 1.46. The molecule has 0 fully saturated rings. The number of aromatic nitrogens is 1. The third kappa shape index (κ3) is 3.18. The second-order valence-corrected chi connectivity index (χ2v) is 4.78. The van der Waals surface area contributed by atoms with Gasteiger partial charge in [0.25, 0.3) is 0 Å². The van der Waals surface area contributed by atoms with Gasteiger partial charge in [-0.25, -0.2) is 4.98 Å². The van der Waals surface area contributed by atoms with E-state index in [4.69, 9.17) is 5.73 Å². The summed E-state index contributed by atoms with van der Waals surface area (Å²) in [6.45, 7) is 5.83. The molecule has 0 aliphatic heterocycles. The lowest BCUT2D eigenvalue weighted by Gasteiger charge is -2.23. The van der Waals surface area contributed by atoms with E-state index in [0.29, 0.717) is 12.5 Å². The minimum atomic E-state index is 0.476. The van der Waals surface area contributed by atoms with Crippen LogP contribution in [-0.2, 0) is 0 Å². The van der Waals surface area contributed by atoms with Gasteiger partial charge in [0, 0.05) is 19.8 Å². The molecule has 0 spiro atoms. The first-order chi connectivity index (χ1) is 7.06. The van der Waals surface area contributed by atoms with Gasteiger partial charge in [-0.1, -0.05) is 6.92 Å². The number of nitrogens with two attached hydrogens (primary N) is 1. The van der Waals surface area contributed by atoms with Crippen molar-refractivity contribution in [3.63, 3.8) is 0 Å². The van der Waals surface area contributed by atoms with Crippen molar-refractivity contribution in [2.45, 2.75) is 13.8 Å². The monoisotopic (exact) mass is 271 g/mol. The van der Waals surface area contributed by atoms with E-state index in [9.17, 15) is 0 Å². The van der Waals surface area contributed by atoms with E-state index >= 15 is 0 Å². The number of nitrogens with zero attached hydrogens (tertiary/aromatic N) is 2. The fraction of sp³-hybridized carbons (Fsp3) is 0.545. The van der Waals surface area contributed by atoms with Crippen molar-refractivity contribution < 1.29 is 0 Å². The smallest absolute Gasteiger partial charge is 0.142 e. The number of rotatable bonds is 4. The Balaban J connectivity index is 2.82. The molecule has 2 N–H and O–H groups in total. The van der Waals surface area contributed by atoms with Gasteiger partial charge in [0.05, 0.1) is 4.47 Å². The Bertz CT molecular complexity index is 328. The van der Waals surface area contributed by atoms with E-state index in [0.717, 1.165) is 16.8 Å². The molecule has 1 atom stereocenters. The van der Waals surface area contributed by atoms with Crippen LogP contribution in [0.4, 0.5) is 5.82 Å². The molecule has 0 saturated heterocycles. The van der Waals surface area contributed by atoms with E-state index in [-0.39, 0.29) is 0 Å². The Morgan fingerprint density at radius 1 is 1.60 bits per heavy atom. The largest absolute Gasteiger partial charge is 0.358 e. The third-order valence-corrected chi connectivity index (χ3v) is 3.39. The van der Waals surface area contributed by atoms with Crippen LogP contribution in [0, 0.1) is 12.8 Å². The average Bonchev–Trinajstić information content (AvgIpc) is 2.21. The third-order valence-electron chi connectivity index (χ3n) is 2.41. The molecule has 0 aliphatic carbocycles. The van der Waals surface area contributed by atoms with Crippen LogP contribution in [-0.4, -0.2) is 25.1 Å². The number of anilines is 1. The molecular weight excluding hydrogens is 254 g/mol. The van der Waals surface area contributed by atoms with E-state index in [1.165, 1.54) is 5.56 Å². The van der Waals surface area contributed by atoms with Crippen molar-refractivity contribution >= 4 is 21.7 Å². The molecule has 1 unspecified atom stereocenters. The van der Waals surface area contributed by atoms with E-state index in [2.05, 4.69) is 39.7 Å². The number of pyridine rings is 1. The zero-order chi connectivity index (χ0) is 11.4. The van der Waals surface area contributed by atoms with Crippen molar-refractivity contribution in [2.75, 3.05) is 25.0 Å². The molecule has 0 aromatic carbocycles. The van der Waals surface area contributed by atoms with Crippen LogP contribution < -0.4 is 10.6 Å². The molecular formula is C11H18BrN3. The first kappa shape index (κ1) is 12.5. The number of hydrogen-bond donors (Lipinski definition) is 1. The van der Waals surface area contributed by atoms with Crippen LogP contribution >= 0.6 is 15.9 Å². The van der Waals surface area contributed by atoms with Gasteiger partial charge in [0.1, 0.15) is 5.82 Å². The minimum Gasteiger partial charge on any atom is -0.358 e. The van der Waals surface area contributed by atoms with Gasteiger partial charge in [0.2, 0.25) is 0 Å². The highest BCUT2D eigenvalue weighted by Gasteiger charge is 2.11. The molecule has 3 nitrogen and oxygen atoms in total. The molecule has 0 aliphatic rings. The van der Waals surface area contributed by atoms with Gasteiger partial charge in [-0.3, -0.25) is 0 Å². The van der Waals surface area contributed by atoms with Crippen molar-refractivity contribution in [3.05, 3.63) is 22.3 Å². The van der Waals surface area contributed by atoms with Crippen LogP contribution in [0.2, 0.25) is 0 Å². The maximum Gasteiger partial charge on any atom is 0.142 e. The van der Waals surface area contributed by atoms with Crippen molar-refractivity contribution in [3.8, 4) is 0 Å². The SMILES string of the molecule is Cc1ccnc(N(C)CC(C)CN)c1Br. The Morgan fingerprint density at radius 3 is 2.87 bits per heavy atom. The molecule has 0 saturated carbocycles. The lowest BCUT2D eigenvalue weighted by molar-refractivity contribution is 0.587. The van der Waals surface area contributed by atoms with Crippen molar-refractivity contribution in [2.24, 2.45) is 11.7 Å². The summed E-state index contributed by atoms with van der Waals surface area (Å²) >= 11 is 3.56. The molecule has 84 valence electrons. The summed E-state index contributed by atoms with van der Waals surface area (Å²) in [6, 6.07) is 1.99. The maximum atomic E-state index is 5.61. The first-order valence-electron chi connectivity index (χ1n) is 5.08. The number of aryl methyl sites for hydroxylation is 1. The quantitative estimate of drug-likeness (QED) is 0.913. The fourth-order valence-corrected chi connectivity index (χ4v) is 1.96. The molecule has 1 aromatic rings. The topological polar surface area (TPSA) is 42.2 Å². The Labute approximate surface area is 99.8 Å². The Hall–Kier alpha value is -0.610. The standard InChI is InChI=1S/C11H18BrN3/c1-8(6-13)7-15(3)11-10(12)9(2)4-5-14-11/h4-5,8H,6-7,13H2,1-3H3. The fourth-order valence-electron chi connectivity index (χ4n) is 1.42. The highest BCUT2D eigenvalue weighted by molar-refractivity contribution is 9.10. The zero-order valence-corrected chi connectivity index (χ0v) is 11.1. The predicted octanol–water partition coefficient (Wildman–Crippen LogP) is 2.18. The van der Waals surface area contributed by atoms with Crippen LogP contribution in [0.1, 0.15) is 12.5 Å². The Kier molecular flexibility index (Phi) is 4.54. The van der Waals surface area contributed by atoms with E-state index in [1.807, 2.05) is 19.3 Å². The van der Waals surface area contributed by atoms with Gasteiger partial charge in [-0.05, 0) is 46.9 Å². The van der Waals surface area contributed by atoms with Crippen molar-refractivity contribution in [1.29, 1.82) is 0 Å².